The fraction of sp³-hybridized carbons (Fsp3) is 0.448. The predicted octanol–water partition coefficient (Wildman–Crippen LogP) is 5.52. The molecule has 0 unspecified atom stereocenters. The SMILES string of the molecule is Cc1ccc2cc(CN(CCc3ccc(F)cc3)C(=O)[C@@H]3CCOC(C)(C)C3)c(N(C)C)nc2c1. The molecule has 4 rings (SSSR count). The van der Waals surface area contributed by atoms with E-state index >= 15 is 0 Å². The smallest absolute Gasteiger partial charge is 0.226 e. The molecule has 0 N–H and O–H groups in total. The van der Waals surface area contributed by atoms with Crippen molar-refractivity contribution in [3.63, 3.8) is 0 Å². The normalized spacial score (nSPS) is 17.4. The monoisotopic (exact) mass is 477 g/mol. The second-order valence-electron chi connectivity index (χ2n) is 10.5. The van der Waals surface area contributed by atoms with Crippen molar-refractivity contribution in [3.05, 3.63) is 71.0 Å². The molecule has 1 saturated heterocycles. The van der Waals surface area contributed by atoms with E-state index in [-0.39, 0.29) is 23.2 Å². The lowest BCUT2D eigenvalue weighted by Crippen LogP contribution is -2.44. The van der Waals surface area contributed by atoms with Crippen LogP contribution in [-0.4, -0.2) is 48.6 Å². The van der Waals surface area contributed by atoms with Gasteiger partial charge in [0.05, 0.1) is 11.1 Å². The molecule has 0 bridgehead atoms. The molecule has 35 heavy (non-hydrogen) atoms. The first-order chi connectivity index (χ1) is 16.6. The van der Waals surface area contributed by atoms with Crippen molar-refractivity contribution in [2.45, 2.75) is 52.2 Å². The molecular weight excluding hydrogens is 441 g/mol. The van der Waals surface area contributed by atoms with Gasteiger partial charge in [-0.15, -0.1) is 0 Å². The highest BCUT2D eigenvalue weighted by molar-refractivity contribution is 5.83. The third kappa shape index (κ3) is 6.17. The van der Waals surface area contributed by atoms with Gasteiger partial charge in [-0.2, -0.15) is 0 Å². The van der Waals surface area contributed by atoms with Crippen molar-refractivity contribution in [2.24, 2.45) is 5.92 Å². The Bertz CT molecular complexity index is 1190. The summed E-state index contributed by atoms with van der Waals surface area (Å²) in [4.78, 5) is 22.7. The molecule has 2 aromatic carbocycles. The van der Waals surface area contributed by atoms with E-state index in [0.717, 1.165) is 34.3 Å². The van der Waals surface area contributed by atoms with Gasteiger partial charge >= 0.3 is 0 Å². The standard InChI is InChI=1S/C29H36FN3O2/c1-20-6-9-22-17-24(27(32(4)5)31-26(22)16-20)19-33(14-12-21-7-10-25(30)11-8-21)28(34)23-13-15-35-29(2,3)18-23/h6-11,16-17,23H,12-15,18-19H2,1-5H3/t23-/m1/s1. The molecule has 0 radical (unpaired) electrons. The number of carbonyl (C=O) groups excluding carboxylic acids is 1. The van der Waals surface area contributed by atoms with Crippen LogP contribution in [0.2, 0.25) is 0 Å². The Labute approximate surface area is 207 Å². The first-order valence-corrected chi connectivity index (χ1v) is 12.4. The molecule has 0 aliphatic carbocycles. The van der Waals surface area contributed by atoms with Gasteiger partial charge in [-0.3, -0.25) is 4.79 Å². The van der Waals surface area contributed by atoms with Gasteiger partial charge in [-0.05, 0) is 75.4 Å². The lowest BCUT2D eigenvalue weighted by Gasteiger charge is -2.37. The molecule has 1 aromatic heterocycles. The van der Waals surface area contributed by atoms with Crippen molar-refractivity contribution in [2.75, 3.05) is 32.1 Å². The van der Waals surface area contributed by atoms with Crippen LogP contribution in [0.25, 0.3) is 10.9 Å². The van der Waals surface area contributed by atoms with Crippen LogP contribution < -0.4 is 4.90 Å². The van der Waals surface area contributed by atoms with E-state index in [0.29, 0.717) is 32.5 Å². The van der Waals surface area contributed by atoms with Crippen LogP contribution in [0.5, 0.6) is 0 Å². The van der Waals surface area contributed by atoms with Crippen molar-refractivity contribution in [1.29, 1.82) is 0 Å². The largest absolute Gasteiger partial charge is 0.376 e. The van der Waals surface area contributed by atoms with E-state index in [9.17, 15) is 9.18 Å². The zero-order valence-corrected chi connectivity index (χ0v) is 21.5. The number of fused-ring (bicyclic) bond motifs is 1. The topological polar surface area (TPSA) is 45.7 Å². The number of anilines is 1. The quantitative estimate of drug-likeness (QED) is 0.449. The van der Waals surface area contributed by atoms with Crippen LogP contribution in [-0.2, 0) is 22.5 Å². The molecular formula is C29H36FN3O2. The highest BCUT2D eigenvalue weighted by atomic mass is 19.1. The number of amides is 1. The van der Waals surface area contributed by atoms with Crippen LogP contribution >= 0.6 is 0 Å². The summed E-state index contributed by atoms with van der Waals surface area (Å²) < 4.78 is 19.3. The Kier molecular flexibility index (Phi) is 7.41. The maximum absolute atomic E-state index is 13.8. The lowest BCUT2D eigenvalue weighted by atomic mass is 9.87. The van der Waals surface area contributed by atoms with Gasteiger partial charge in [0.2, 0.25) is 5.91 Å². The van der Waals surface area contributed by atoms with Crippen molar-refractivity contribution in [1.82, 2.24) is 9.88 Å². The molecule has 6 heteroatoms. The summed E-state index contributed by atoms with van der Waals surface area (Å²) in [5.41, 5.74) is 3.84. The van der Waals surface area contributed by atoms with Crippen LogP contribution in [0.1, 0.15) is 43.4 Å². The minimum absolute atomic E-state index is 0.0779. The number of hydrogen-bond donors (Lipinski definition) is 0. The summed E-state index contributed by atoms with van der Waals surface area (Å²) in [6.45, 7) is 7.79. The molecule has 3 aromatic rings. The van der Waals surface area contributed by atoms with Gasteiger partial charge in [0.25, 0.3) is 0 Å². The number of aryl methyl sites for hydroxylation is 1. The zero-order valence-electron chi connectivity index (χ0n) is 21.5. The number of aromatic nitrogens is 1. The van der Waals surface area contributed by atoms with Crippen LogP contribution in [0.4, 0.5) is 10.2 Å². The maximum Gasteiger partial charge on any atom is 0.226 e. The maximum atomic E-state index is 13.8. The Hall–Kier alpha value is -2.99. The van der Waals surface area contributed by atoms with E-state index in [2.05, 4.69) is 45.0 Å². The second-order valence-corrected chi connectivity index (χ2v) is 10.5. The van der Waals surface area contributed by atoms with E-state index < -0.39 is 0 Å². The molecule has 1 aliphatic heterocycles. The Morgan fingerprint density at radius 2 is 1.89 bits per heavy atom. The summed E-state index contributed by atoms with van der Waals surface area (Å²) in [6, 6.07) is 15.0. The first-order valence-electron chi connectivity index (χ1n) is 12.4. The zero-order chi connectivity index (χ0) is 25.2. The molecule has 1 aliphatic rings. The minimum atomic E-state index is -0.307. The fourth-order valence-electron chi connectivity index (χ4n) is 4.90. The molecule has 2 heterocycles. The molecule has 1 atom stereocenters. The van der Waals surface area contributed by atoms with Crippen molar-refractivity contribution < 1.29 is 13.9 Å². The molecule has 0 spiro atoms. The van der Waals surface area contributed by atoms with Gasteiger partial charge in [0.15, 0.2) is 0 Å². The first kappa shape index (κ1) is 25.1. The molecule has 186 valence electrons. The Morgan fingerprint density at radius 3 is 2.57 bits per heavy atom. The third-order valence-corrected chi connectivity index (χ3v) is 6.76. The molecule has 1 amide bonds. The van der Waals surface area contributed by atoms with Gasteiger partial charge in [-0.1, -0.05) is 24.3 Å². The van der Waals surface area contributed by atoms with Gasteiger partial charge < -0.3 is 14.5 Å². The van der Waals surface area contributed by atoms with Gasteiger partial charge in [0, 0.05) is 50.7 Å². The molecule has 0 saturated carbocycles. The number of benzene rings is 2. The van der Waals surface area contributed by atoms with Crippen LogP contribution in [0.15, 0.2) is 48.5 Å². The van der Waals surface area contributed by atoms with Crippen LogP contribution in [0.3, 0.4) is 0 Å². The van der Waals surface area contributed by atoms with Crippen molar-refractivity contribution >= 4 is 22.6 Å². The average Bonchev–Trinajstić information content (AvgIpc) is 2.81. The highest BCUT2D eigenvalue weighted by Gasteiger charge is 2.35. The number of carbonyl (C=O) groups is 1. The number of pyridine rings is 1. The predicted molar refractivity (Wildman–Crippen MR) is 139 cm³/mol. The van der Waals surface area contributed by atoms with E-state index in [4.69, 9.17) is 9.72 Å². The number of rotatable bonds is 7. The molecule has 5 nitrogen and oxygen atoms in total. The second kappa shape index (κ2) is 10.3. The average molecular weight is 478 g/mol. The number of hydrogen-bond acceptors (Lipinski definition) is 4. The summed E-state index contributed by atoms with van der Waals surface area (Å²) in [5, 5.41) is 1.06. The Morgan fingerprint density at radius 1 is 1.14 bits per heavy atom. The van der Waals surface area contributed by atoms with Crippen molar-refractivity contribution in [3.8, 4) is 0 Å². The van der Waals surface area contributed by atoms with E-state index in [1.54, 1.807) is 12.1 Å². The summed E-state index contributed by atoms with van der Waals surface area (Å²) in [6.07, 6.45) is 2.09. The number of nitrogens with zero attached hydrogens (tertiary/aromatic N) is 3. The van der Waals surface area contributed by atoms with Gasteiger partial charge in [-0.25, -0.2) is 9.37 Å². The number of ether oxygens (including phenoxy) is 1. The van der Waals surface area contributed by atoms with E-state index in [1.165, 1.54) is 17.7 Å². The minimum Gasteiger partial charge on any atom is -0.376 e. The lowest BCUT2D eigenvalue weighted by molar-refractivity contribution is -0.146. The third-order valence-electron chi connectivity index (χ3n) is 6.76. The summed E-state index contributed by atoms with van der Waals surface area (Å²) >= 11 is 0. The van der Waals surface area contributed by atoms with Gasteiger partial charge in [0.1, 0.15) is 11.6 Å². The number of halogens is 1. The summed E-state index contributed by atoms with van der Waals surface area (Å²) in [7, 11) is 3.97. The molecule has 1 fully saturated rings. The summed E-state index contributed by atoms with van der Waals surface area (Å²) in [5.74, 6) is 0.692. The Balaban J connectivity index is 1.65. The fourth-order valence-corrected chi connectivity index (χ4v) is 4.90. The van der Waals surface area contributed by atoms with Crippen LogP contribution in [0, 0.1) is 18.7 Å². The highest BCUT2D eigenvalue weighted by Crippen LogP contribution is 2.31. The van der Waals surface area contributed by atoms with E-state index in [1.807, 2.05) is 23.9 Å².